The molecule has 2 fully saturated rings. The molecule has 0 aromatic carbocycles. The topological polar surface area (TPSA) is 12.0 Å². The van der Waals surface area contributed by atoms with Crippen molar-refractivity contribution in [1.82, 2.24) is 5.32 Å². The summed E-state index contributed by atoms with van der Waals surface area (Å²) in [6.45, 7) is 3.62. The SMILES string of the molecule is CC12CNC1C2. The Kier molecular flexibility index (Phi) is 0.274. The Morgan fingerprint density at radius 2 is 2.50 bits per heavy atom. The number of fused-ring (bicyclic) bond motifs is 1. The Morgan fingerprint density at radius 1 is 1.83 bits per heavy atom. The lowest BCUT2D eigenvalue weighted by molar-refractivity contribution is 0.365. The van der Waals surface area contributed by atoms with E-state index in [2.05, 4.69) is 12.2 Å². The van der Waals surface area contributed by atoms with Crippen LogP contribution in [0.4, 0.5) is 0 Å². The highest BCUT2D eigenvalue weighted by Gasteiger charge is 2.57. The Morgan fingerprint density at radius 3 is 2.50 bits per heavy atom. The molecule has 2 aliphatic rings. The molecule has 1 aliphatic heterocycles. The zero-order chi connectivity index (χ0) is 4.20. The third-order valence-corrected chi connectivity index (χ3v) is 2.10. The summed E-state index contributed by atoms with van der Waals surface area (Å²) in [6.07, 6.45) is 1.44. The second-order valence-corrected chi connectivity index (χ2v) is 2.79. The molecule has 0 aromatic heterocycles. The van der Waals surface area contributed by atoms with Gasteiger partial charge in [0.2, 0.25) is 0 Å². The quantitative estimate of drug-likeness (QED) is 0.446. The van der Waals surface area contributed by atoms with Gasteiger partial charge < -0.3 is 5.32 Å². The summed E-state index contributed by atoms with van der Waals surface area (Å²) in [7, 11) is 0. The molecule has 2 unspecified atom stereocenters. The first kappa shape index (κ1) is 3.03. The van der Waals surface area contributed by atoms with Crippen LogP contribution in [0.3, 0.4) is 0 Å². The predicted octanol–water partition coefficient (Wildman–Crippen LogP) is 0.368. The molecule has 1 saturated carbocycles. The summed E-state index contributed by atoms with van der Waals surface area (Å²) in [5.74, 6) is 0. The number of nitrogens with one attached hydrogen (secondary N) is 1. The molecule has 34 valence electrons. The predicted molar refractivity (Wildman–Crippen MR) is 24.5 cm³/mol. The van der Waals surface area contributed by atoms with Crippen molar-refractivity contribution in [2.75, 3.05) is 6.54 Å². The average Bonchev–Trinajstić information content (AvgIpc) is 1.88. The van der Waals surface area contributed by atoms with Crippen LogP contribution >= 0.6 is 0 Å². The van der Waals surface area contributed by atoms with Gasteiger partial charge in [0, 0.05) is 12.6 Å². The first-order chi connectivity index (χ1) is 2.81. The van der Waals surface area contributed by atoms with E-state index in [1.165, 1.54) is 13.0 Å². The molecule has 2 atom stereocenters. The van der Waals surface area contributed by atoms with Crippen LogP contribution in [0.15, 0.2) is 0 Å². The molecule has 0 bridgehead atoms. The Hall–Kier alpha value is -0.0400. The highest BCUT2D eigenvalue weighted by atomic mass is 15.1. The molecule has 0 spiro atoms. The van der Waals surface area contributed by atoms with Crippen molar-refractivity contribution in [3.63, 3.8) is 0 Å². The van der Waals surface area contributed by atoms with Crippen molar-refractivity contribution >= 4 is 0 Å². The van der Waals surface area contributed by atoms with E-state index in [1.807, 2.05) is 0 Å². The zero-order valence-electron chi connectivity index (χ0n) is 3.99. The molecule has 1 heterocycles. The van der Waals surface area contributed by atoms with E-state index in [4.69, 9.17) is 0 Å². The van der Waals surface area contributed by atoms with Gasteiger partial charge in [0.05, 0.1) is 0 Å². The van der Waals surface area contributed by atoms with Gasteiger partial charge in [0.1, 0.15) is 0 Å². The molecule has 1 N–H and O–H groups in total. The minimum Gasteiger partial charge on any atom is -0.313 e. The minimum absolute atomic E-state index is 0.778. The van der Waals surface area contributed by atoms with Crippen LogP contribution < -0.4 is 5.32 Å². The lowest BCUT2D eigenvalue weighted by atomic mass is 10.1. The largest absolute Gasteiger partial charge is 0.313 e. The van der Waals surface area contributed by atoms with Gasteiger partial charge in [-0.1, -0.05) is 6.92 Å². The normalized spacial score (nSPS) is 62.5. The standard InChI is InChI=1S/C5H9N/c1-5-2-4(5)6-3-5/h4,6H,2-3H2,1H3. The number of hydrogen-bond acceptors (Lipinski definition) is 1. The molecule has 0 amide bonds. The molecule has 0 aromatic rings. The van der Waals surface area contributed by atoms with E-state index >= 15 is 0 Å². The molecular weight excluding hydrogens is 74.1 g/mol. The first-order valence-corrected chi connectivity index (χ1v) is 2.55. The van der Waals surface area contributed by atoms with Gasteiger partial charge in [0.15, 0.2) is 0 Å². The first-order valence-electron chi connectivity index (χ1n) is 2.55. The van der Waals surface area contributed by atoms with E-state index < -0.39 is 0 Å². The summed E-state index contributed by atoms with van der Waals surface area (Å²) >= 11 is 0. The molecule has 1 heteroatoms. The van der Waals surface area contributed by atoms with Crippen LogP contribution in [-0.2, 0) is 0 Å². The second kappa shape index (κ2) is 0.544. The highest BCUT2D eigenvalue weighted by Crippen LogP contribution is 2.51. The third-order valence-electron chi connectivity index (χ3n) is 2.10. The van der Waals surface area contributed by atoms with Crippen molar-refractivity contribution < 1.29 is 0 Å². The maximum atomic E-state index is 3.32. The van der Waals surface area contributed by atoms with Crippen molar-refractivity contribution in [1.29, 1.82) is 0 Å². The van der Waals surface area contributed by atoms with Gasteiger partial charge in [-0.05, 0) is 11.8 Å². The maximum absolute atomic E-state index is 3.32. The minimum atomic E-state index is 0.778. The van der Waals surface area contributed by atoms with Crippen LogP contribution in [0.1, 0.15) is 13.3 Å². The van der Waals surface area contributed by atoms with E-state index in [9.17, 15) is 0 Å². The van der Waals surface area contributed by atoms with Crippen LogP contribution in [0.25, 0.3) is 0 Å². The monoisotopic (exact) mass is 83.1 g/mol. The average molecular weight is 83.1 g/mol. The highest BCUT2D eigenvalue weighted by molar-refractivity contribution is 5.14. The van der Waals surface area contributed by atoms with E-state index in [1.54, 1.807) is 0 Å². The van der Waals surface area contributed by atoms with Crippen molar-refractivity contribution in [2.45, 2.75) is 19.4 Å². The van der Waals surface area contributed by atoms with Crippen molar-refractivity contribution in [3.05, 3.63) is 0 Å². The lowest BCUT2D eigenvalue weighted by Crippen LogP contribution is -2.39. The fourth-order valence-electron chi connectivity index (χ4n) is 1.15. The second-order valence-electron chi connectivity index (χ2n) is 2.79. The van der Waals surface area contributed by atoms with Gasteiger partial charge in [0.25, 0.3) is 0 Å². The summed E-state index contributed by atoms with van der Waals surface area (Å²) in [5.41, 5.74) is 0.778. The summed E-state index contributed by atoms with van der Waals surface area (Å²) in [4.78, 5) is 0. The van der Waals surface area contributed by atoms with Gasteiger partial charge >= 0.3 is 0 Å². The van der Waals surface area contributed by atoms with E-state index in [0.29, 0.717) is 0 Å². The van der Waals surface area contributed by atoms with E-state index in [-0.39, 0.29) is 0 Å². The fourth-order valence-corrected chi connectivity index (χ4v) is 1.15. The summed E-state index contributed by atoms with van der Waals surface area (Å²) < 4.78 is 0. The van der Waals surface area contributed by atoms with E-state index in [0.717, 1.165) is 11.5 Å². The van der Waals surface area contributed by atoms with Gasteiger partial charge in [-0.3, -0.25) is 0 Å². The van der Waals surface area contributed by atoms with Crippen molar-refractivity contribution in [3.8, 4) is 0 Å². The van der Waals surface area contributed by atoms with Gasteiger partial charge in [-0.15, -0.1) is 0 Å². The smallest absolute Gasteiger partial charge is 0.0140 e. The maximum Gasteiger partial charge on any atom is 0.0140 e. The molecule has 6 heavy (non-hydrogen) atoms. The Labute approximate surface area is 37.7 Å². The van der Waals surface area contributed by atoms with Crippen LogP contribution in [0.5, 0.6) is 0 Å². The summed E-state index contributed by atoms with van der Waals surface area (Å²) in [5, 5.41) is 3.32. The Bertz CT molecular complexity index is 85.9. The lowest BCUT2D eigenvalue weighted by Gasteiger charge is -2.21. The molecule has 0 radical (unpaired) electrons. The van der Waals surface area contributed by atoms with Crippen LogP contribution in [-0.4, -0.2) is 12.6 Å². The van der Waals surface area contributed by atoms with Crippen LogP contribution in [0, 0.1) is 5.41 Å². The number of rotatable bonds is 0. The van der Waals surface area contributed by atoms with Gasteiger partial charge in [-0.2, -0.15) is 0 Å². The molecule has 1 saturated heterocycles. The third kappa shape index (κ3) is 0.155. The summed E-state index contributed by atoms with van der Waals surface area (Å²) in [6, 6.07) is 0.928. The molecular formula is C5H9N. The van der Waals surface area contributed by atoms with Crippen LogP contribution in [0.2, 0.25) is 0 Å². The molecule has 1 aliphatic carbocycles. The Balaban J connectivity index is 2.22. The fraction of sp³-hybridized carbons (Fsp3) is 1.00. The molecule has 2 rings (SSSR count). The number of hydrogen-bond donors (Lipinski definition) is 1. The molecule has 1 nitrogen and oxygen atoms in total. The zero-order valence-corrected chi connectivity index (χ0v) is 3.99. The van der Waals surface area contributed by atoms with Crippen molar-refractivity contribution in [2.24, 2.45) is 5.41 Å². The van der Waals surface area contributed by atoms with Gasteiger partial charge in [-0.25, -0.2) is 0 Å².